The van der Waals surface area contributed by atoms with Gasteiger partial charge in [-0.25, -0.2) is 0 Å². The molecular formula is C24H26BrN2O3+. The SMILES string of the molecule is CC[NH+](CC)CCCN1C(=O)c2oc3ccc(Br)cc3c(=O)c2[C@@H]1c1ccccc1. The van der Waals surface area contributed by atoms with Gasteiger partial charge in [0, 0.05) is 17.4 Å². The van der Waals surface area contributed by atoms with Crippen LogP contribution in [-0.4, -0.2) is 37.0 Å². The van der Waals surface area contributed by atoms with Crippen molar-refractivity contribution in [2.45, 2.75) is 26.3 Å². The van der Waals surface area contributed by atoms with E-state index in [4.69, 9.17) is 4.42 Å². The molecule has 0 saturated carbocycles. The van der Waals surface area contributed by atoms with Crippen LogP contribution in [0.15, 0.2) is 62.2 Å². The van der Waals surface area contributed by atoms with Crippen molar-refractivity contribution in [3.05, 3.63) is 80.1 Å². The number of halogens is 1. The van der Waals surface area contributed by atoms with E-state index < -0.39 is 6.04 Å². The van der Waals surface area contributed by atoms with E-state index in [-0.39, 0.29) is 17.1 Å². The number of quaternary nitrogens is 1. The van der Waals surface area contributed by atoms with Crippen molar-refractivity contribution in [1.29, 1.82) is 0 Å². The van der Waals surface area contributed by atoms with Crippen LogP contribution >= 0.6 is 15.9 Å². The standard InChI is InChI=1S/C24H25BrN2O3/c1-3-26(4-2)13-8-14-27-21(16-9-6-5-7-10-16)20-22(28)18-15-17(25)11-12-19(18)30-23(20)24(27)29/h5-7,9-12,15,21H,3-4,8,13-14H2,1-2H3/p+1/t21-/m0/s1. The normalized spacial score (nSPS) is 15.9. The molecule has 1 atom stereocenters. The second-order valence-corrected chi connectivity index (χ2v) is 8.60. The average molecular weight is 470 g/mol. The van der Waals surface area contributed by atoms with E-state index in [9.17, 15) is 9.59 Å². The third kappa shape index (κ3) is 3.70. The maximum absolute atomic E-state index is 13.5. The third-order valence-corrected chi connectivity index (χ3v) is 6.47. The summed E-state index contributed by atoms with van der Waals surface area (Å²) in [7, 11) is 0. The zero-order valence-electron chi connectivity index (χ0n) is 17.3. The first-order valence-corrected chi connectivity index (χ1v) is 11.3. The summed E-state index contributed by atoms with van der Waals surface area (Å²) in [4.78, 5) is 30.1. The molecule has 0 unspecified atom stereocenters. The minimum atomic E-state index is -0.417. The Labute approximate surface area is 184 Å². The van der Waals surface area contributed by atoms with Crippen LogP contribution in [0.2, 0.25) is 0 Å². The summed E-state index contributed by atoms with van der Waals surface area (Å²) in [5.74, 6) is -0.0193. The predicted octanol–water partition coefficient (Wildman–Crippen LogP) is 3.42. The molecule has 0 saturated heterocycles. The molecule has 2 heterocycles. The number of hydrogen-bond acceptors (Lipinski definition) is 3. The Morgan fingerprint density at radius 1 is 1.07 bits per heavy atom. The first-order valence-electron chi connectivity index (χ1n) is 10.5. The molecule has 30 heavy (non-hydrogen) atoms. The monoisotopic (exact) mass is 469 g/mol. The number of rotatable bonds is 7. The van der Waals surface area contributed by atoms with Crippen molar-refractivity contribution in [3.8, 4) is 0 Å². The van der Waals surface area contributed by atoms with Gasteiger partial charge in [-0.1, -0.05) is 46.3 Å². The number of amides is 1. The largest absolute Gasteiger partial charge is 0.450 e. The minimum absolute atomic E-state index is 0.133. The van der Waals surface area contributed by atoms with Crippen LogP contribution in [-0.2, 0) is 0 Å². The Bertz CT molecular complexity index is 1120. The lowest BCUT2D eigenvalue weighted by molar-refractivity contribution is -0.896. The molecule has 4 rings (SSSR count). The zero-order chi connectivity index (χ0) is 21.3. The van der Waals surface area contributed by atoms with Crippen molar-refractivity contribution < 1.29 is 14.1 Å². The Hall–Kier alpha value is -2.44. The van der Waals surface area contributed by atoms with Crippen LogP contribution in [0.5, 0.6) is 0 Å². The van der Waals surface area contributed by atoms with Gasteiger partial charge in [0.25, 0.3) is 5.91 Å². The van der Waals surface area contributed by atoms with Gasteiger partial charge in [-0.15, -0.1) is 0 Å². The summed E-state index contributed by atoms with van der Waals surface area (Å²) in [6.07, 6.45) is 0.874. The van der Waals surface area contributed by atoms with E-state index >= 15 is 0 Å². The molecule has 0 radical (unpaired) electrons. The summed E-state index contributed by atoms with van der Waals surface area (Å²) in [5, 5.41) is 0.492. The fraction of sp³-hybridized carbons (Fsp3) is 0.333. The topological polar surface area (TPSA) is 55.0 Å². The number of nitrogens with one attached hydrogen (secondary N) is 1. The van der Waals surface area contributed by atoms with Gasteiger partial charge in [0.15, 0.2) is 5.43 Å². The number of nitrogens with zero attached hydrogens (tertiary/aromatic N) is 1. The van der Waals surface area contributed by atoms with E-state index in [1.54, 1.807) is 12.1 Å². The smallest absolute Gasteiger partial charge is 0.290 e. The van der Waals surface area contributed by atoms with Crippen LogP contribution in [0.25, 0.3) is 11.0 Å². The zero-order valence-corrected chi connectivity index (χ0v) is 18.9. The summed E-state index contributed by atoms with van der Waals surface area (Å²) < 4.78 is 6.79. The highest BCUT2D eigenvalue weighted by Gasteiger charge is 2.42. The molecule has 1 aliphatic rings. The molecule has 1 amide bonds. The first-order chi connectivity index (χ1) is 14.5. The van der Waals surface area contributed by atoms with Crippen molar-refractivity contribution in [3.63, 3.8) is 0 Å². The molecule has 0 spiro atoms. The highest BCUT2D eigenvalue weighted by molar-refractivity contribution is 9.10. The van der Waals surface area contributed by atoms with Gasteiger partial charge in [0.2, 0.25) is 5.76 Å². The first kappa shape index (κ1) is 20.8. The number of carbonyl (C=O) groups is 1. The quantitative estimate of drug-likeness (QED) is 0.576. The Balaban J connectivity index is 1.79. The molecule has 2 aromatic carbocycles. The maximum atomic E-state index is 13.5. The molecule has 1 aliphatic heterocycles. The van der Waals surface area contributed by atoms with Crippen LogP contribution in [0, 0.1) is 0 Å². The van der Waals surface area contributed by atoms with Gasteiger partial charge < -0.3 is 14.2 Å². The average Bonchev–Trinajstić information content (AvgIpc) is 3.04. The van der Waals surface area contributed by atoms with E-state index in [0.29, 0.717) is 23.1 Å². The molecule has 5 nitrogen and oxygen atoms in total. The van der Waals surface area contributed by atoms with Crippen molar-refractivity contribution in [2.24, 2.45) is 0 Å². The Kier molecular flexibility index (Phi) is 6.06. The number of hydrogen-bond donors (Lipinski definition) is 1. The van der Waals surface area contributed by atoms with Crippen molar-refractivity contribution >= 4 is 32.8 Å². The molecular weight excluding hydrogens is 444 g/mol. The predicted molar refractivity (Wildman–Crippen MR) is 121 cm³/mol. The maximum Gasteiger partial charge on any atom is 0.290 e. The summed E-state index contributed by atoms with van der Waals surface area (Å²) >= 11 is 3.43. The van der Waals surface area contributed by atoms with Gasteiger partial charge in [0.1, 0.15) is 5.58 Å². The molecule has 1 N–H and O–H groups in total. The molecule has 1 aromatic heterocycles. The van der Waals surface area contributed by atoms with Crippen LogP contribution in [0.4, 0.5) is 0 Å². The fourth-order valence-electron chi connectivity index (χ4n) is 4.31. The Morgan fingerprint density at radius 3 is 2.50 bits per heavy atom. The van der Waals surface area contributed by atoms with Gasteiger partial charge >= 0.3 is 0 Å². The second kappa shape index (κ2) is 8.74. The molecule has 0 bridgehead atoms. The summed E-state index contributed by atoms with van der Waals surface area (Å²) in [6, 6.07) is 14.7. The van der Waals surface area contributed by atoms with Crippen LogP contribution < -0.4 is 10.3 Å². The lowest BCUT2D eigenvalue weighted by Crippen LogP contribution is -3.11. The Morgan fingerprint density at radius 2 is 1.80 bits per heavy atom. The van der Waals surface area contributed by atoms with Gasteiger partial charge in [-0.3, -0.25) is 9.59 Å². The molecule has 6 heteroatoms. The number of benzene rings is 2. The summed E-state index contributed by atoms with van der Waals surface area (Å²) in [6.45, 7) is 8.06. The van der Waals surface area contributed by atoms with Crippen molar-refractivity contribution in [1.82, 2.24) is 4.90 Å². The minimum Gasteiger partial charge on any atom is -0.450 e. The van der Waals surface area contributed by atoms with Gasteiger partial charge in [-0.2, -0.15) is 0 Å². The van der Waals surface area contributed by atoms with E-state index in [1.807, 2.05) is 41.3 Å². The van der Waals surface area contributed by atoms with Crippen molar-refractivity contribution in [2.75, 3.05) is 26.2 Å². The molecule has 156 valence electrons. The number of carbonyl (C=O) groups excluding carboxylic acids is 1. The fourth-order valence-corrected chi connectivity index (χ4v) is 4.67. The third-order valence-electron chi connectivity index (χ3n) is 5.97. The molecule has 0 aliphatic carbocycles. The van der Waals surface area contributed by atoms with Gasteiger partial charge in [-0.05, 0) is 37.6 Å². The highest BCUT2D eigenvalue weighted by atomic mass is 79.9. The lowest BCUT2D eigenvalue weighted by atomic mass is 9.98. The molecule has 3 aromatic rings. The summed E-state index contributed by atoms with van der Waals surface area (Å²) in [5.41, 5.74) is 1.69. The van der Waals surface area contributed by atoms with E-state index in [0.717, 1.165) is 36.1 Å². The lowest BCUT2D eigenvalue weighted by Gasteiger charge is -2.26. The van der Waals surface area contributed by atoms with E-state index in [2.05, 4.69) is 29.8 Å². The van der Waals surface area contributed by atoms with Crippen LogP contribution in [0.1, 0.15) is 48.0 Å². The van der Waals surface area contributed by atoms with E-state index in [1.165, 1.54) is 4.90 Å². The number of fused-ring (bicyclic) bond motifs is 2. The molecule has 0 fully saturated rings. The highest BCUT2D eigenvalue weighted by Crippen LogP contribution is 2.38. The van der Waals surface area contributed by atoms with Gasteiger partial charge in [0.05, 0.1) is 36.6 Å². The second-order valence-electron chi connectivity index (χ2n) is 7.69. The van der Waals surface area contributed by atoms with Crippen LogP contribution in [0.3, 0.4) is 0 Å².